The summed E-state index contributed by atoms with van der Waals surface area (Å²) in [5, 5.41) is 8.58. The van der Waals surface area contributed by atoms with Crippen LogP contribution in [0.4, 0.5) is 0 Å². The fraction of sp³-hybridized carbons (Fsp3) is 0.583. The molecule has 0 aliphatic heterocycles. The molecule has 0 aliphatic rings. The minimum absolute atomic E-state index is 0.243. The van der Waals surface area contributed by atoms with Crippen LogP contribution in [0.1, 0.15) is 46.0 Å². The predicted molar refractivity (Wildman–Crippen MR) is 63.2 cm³/mol. The van der Waals surface area contributed by atoms with Gasteiger partial charge in [-0.15, -0.1) is 0 Å². The van der Waals surface area contributed by atoms with E-state index in [1.807, 2.05) is 0 Å². The van der Waals surface area contributed by atoms with Crippen molar-refractivity contribution in [1.82, 2.24) is 4.98 Å². The highest BCUT2D eigenvalue weighted by molar-refractivity contribution is 5.12. The number of rotatable bonds is 4. The SMILES string of the molecule is CCCCCCC.O=c1[nH]cccc1O. The van der Waals surface area contributed by atoms with Crippen molar-refractivity contribution in [1.29, 1.82) is 0 Å². The third-order valence-electron chi connectivity index (χ3n) is 2.00. The number of unbranched alkanes of at least 4 members (excludes halogenated alkanes) is 4. The summed E-state index contributed by atoms with van der Waals surface area (Å²) >= 11 is 0. The van der Waals surface area contributed by atoms with Gasteiger partial charge in [0.1, 0.15) is 0 Å². The third-order valence-corrected chi connectivity index (χ3v) is 2.00. The van der Waals surface area contributed by atoms with E-state index in [2.05, 4.69) is 18.8 Å². The molecule has 1 aromatic rings. The fourth-order valence-corrected chi connectivity index (χ4v) is 1.09. The van der Waals surface area contributed by atoms with E-state index >= 15 is 0 Å². The maximum atomic E-state index is 10.3. The Labute approximate surface area is 91.2 Å². The molecule has 2 N–H and O–H groups in total. The van der Waals surface area contributed by atoms with Crippen LogP contribution in [0.2, 0.25) is 0 Å². The zero-order valence-corrected chi connectivity index (χ0v) is 9.62. The van der Waals surface area contributed by atoms with Gasteiger partial charge in [-0.3, -0.25) is 4.79 Å². The van der Waals surface area contributed by atoms with E-state index in [-0.39, 0.29) is 5.75 Å². The standard InChI is InChI=1S/C7H16.C5H5NO2/c1-3-5-7-6-4-2;7-4-2-1-3-6-5(4)8/h3-7H2,1-2H3;1-3,7H,(H,6,8). The molecule has 0 aliphatic carbocycles. The van der Waals surface area contributed by atoms with E-state index in [0.29, 0.717) is 0 Å². The predicted octanol–water partition coefficient (Wildman–Crippen LogP) is 3.06. The third kappa shape index (κ3) is 7.79. The smallest absolute Gasteiger partial charge is 0.290 e. The molecule has 0 atom stereocenters. The summed E-state index contributed by atoms with van der Waals surface area (Å²) in [6.07, 6.45) is 8.47. The first-order valence-electron chi connectivity index (χ1n) is 5.59. The summed E-state index contributed by atoms with van der Waals surface area (Å²) in [6, 6.07) is 2.88. The van der Waals surface area contributed by atoms with Crippen molar-refractivity contribution in [2.24, 2.45) is 0 Å². The van der Waals surface area contributed by atoms with Gasteiger partial charge in [0.25, 0.3) is 5.56 Å². The number of pyridine rings is 1. The molecule has 0 bridgehead atoms. The Balaban J connectivity index is 0.000000265. The van der Waals surface area contributed by atoms with Gasteiger partial charge in [-0.1, -0.05) is 46.0 Å². The average Bonchev–Trinajstić information content (AvgIpc) is 2.24. The molecule has 3 nitrogen and oxygen atoms in total. The van der Waals surface area contributed by atoms with Crippen molar-refractivity contribution < 1.29 is 5.11 Å². The first-order chi connectivity index (χ1) is 7.22. The van der Waals surface area contributed by atoms with Crippen molar-refractivity contribution in [3.8, 4) is 5.75 Å². The molecule has 1 aromatic heterocycles. The lowest BCUT2D eigenvalue weighted by molar-refractivity contribution is 0.466. The minimum atomic E-state index is -0.451. The highest BCUT2D eigenvalue weighted by Crippen LogP contribution is 2.00. The monoisotopic (exact) mass is 211 g/mol. The zero-order valence-electron chi connectivity index (χ0n) is 9.62. The van der Waals surface area contributed by atoms with Crippen LogP contribution in [0.3, 0.4) is 0 Å². The molecule has 0 fully saturated rings. The molecule has 0 radical (unpaired) electrons. The van der Waals surface area contributed by atoms with Crippen LogP contribution < -0.4 is 5.56 Å². The molecule has 15 heavy (non-hydrogen) atoms. The molecule has 0 saturated carbocycles. The number of aromatic hydroxyl groups is 1. The first kappa shape index (κ1) is 13.8. The van der Waals surface area contributed by atoms with Crippen LogP contribution in [-0.2, 0) is 0 Å². The topological polar surface area (TPSA) is 53.1 Å². The van der Waals surface area contributed by atoms with Crippen LogP contribution in [-0.4, -0.2) is 10.1 Å². The summed E-state index contributed by atoms with van der Waals surface area (Å²) in [4.78, 5) is 12.6. The summed E-state index contributed by atoms with van der Waals surface area (Å²) in [7, 11) is 0. The average molecular weight is 211 g/mol. The molecule has 0 spiro atoms. The Morgan fingerprint density at radius 1 is 1.20 bits per heavy atom. The fourth-order valence-electron chi connectivity index (χ4n) is 1.09. The lowest BCUT2D eigenvalue weighted by Crippen LogP contribution is -2.01. The molecular weight excluding hydrogens is 190 g/mol. The lowest BCUT2D eigenvalue weighted by atomic mass is 10.2. The van der Waals surface area contributed by atoms with Gasteiger partial charge in [-0.05, 0) is 12.1 Å². The quantitative estimate of drug-likeness (QED) is 0.752. The maximum absolute atomic E-state index is 10.3. The Morgan fingerprint density at radius 3 is 2.13 bits per heavy atom. The number of aromatic amines is 1. The summed E-state index contributed by atoms with van der Waals surface area (Å²) < 4.78 is 0. The normalized spacial score (nSPS) is 9.20. The molecule has 1 heterocycles. The number of hydrogen-bond donors (Lipinski definition) is 2. The second kappa shape index (κ2) is 9.31. The molecule has 0 unspecified atom stereocenters. The highest BCUT2D eigenvalue weighted by atomic mass is 16.3. The van der Waals surface area contributed by atoms with Gasteiger partial charge in [0.2, 0.25) is 0 Å². The van der Waals surface area contributed by atoms with E-state index in [9.17, 15) is 4.79 Å². The number of nitrogens with one attached hydrogen (secondary N) is 1. The van der Waals surface area contributed by atoms with Crippen molar-refractivity contribution in [2.75, 3.05) is 0 Å². The van der Waals surface area contributed by atoms with Gasteiger partial charge < -0.3 is 10.1 Å². The maximum Gasteiger partial charge on any atom is 0.290 e. The molecule has 3 heteroatoms. The molecular formula is C12H21NO2. The summed E-state index contributed by atoms with van der Waals surface area (Å²) in [5.41, 5.74) is -0.451. The number of aromatic nitrogens is 1. The van der Waals surface area contributed by atoms with Gasteiger partial charge in [0, 0.05) is 6.20 Å². The Kier molecular flexibility index (Phi) is 8.53. The van der Waals surface area contributed by atoms with Gasteiger partial charge in [-0.25, -0.2) is 0 Å². The lowest BCUT2D eigenvalue weighted by Gasteiger charge is -1.90. The van der Waals surface area contributed by atoms with E-state index in [4.69, 9.17) is 5.11 Å². The summed E-state index contributed by atoms with van der Waals surface area (Å²) in [6.45, 7) is 4.49. The van der Waals surface area contributed by atoms with Crippen molar-refractivity contribution in [2.45, 2.75) is 46.0 Å². The second-order valence-corrected chi connectivity index (χ2v) is 3.45. The van der Waals surface area contributed by atoms with Gasteiger partial charge in [0.15, 0.2) is 5.75 Å². The second-order valence-electron chi connectivity index (χ2n) is 3.45. The zero-order chi connectivity index (χ0) is 11.5. The summed E-state index contributed by atoms with van der Waals surface area (Å²) in [5.74, 6) is -0.243. The largest absolute Gasteiger partial charge is 0.503 e. The van der Waals surface area contributed by atoms with Gasteiger partial charge in [-0.2, -0.15) is 0 Å². The molecule has 0 amide bonds. The van der Waals surface area contributed by atoms with Gasteiger partial charge >= 0.3 is 0 Å². The van der Waals surface area contributed by atoms with E-state index < -0.39 is 5.56 Å². The van der Waals surface area contributed by atoms with Crippen LogP contribution in [0.5, 0.6) is 5.75 Å². The van der Waals surface area contributed by atoms with Crippen LogP contribution in [0, 0.1) is 0 Å². The van der Waals surface area contributed by atoms with Gasteiger partial charge in [0.05, 0.1) is 0 Å². The van der Waals surface area contributed by atoms with Crippen LogP contribution in [0.25, 0.3) is 0 Å². The Morgan fingerprint density at radius 2 is 1.80 bits per heavy atom. The van der Waals surface area contributed by atoms with E-state index in [1.54, 1.807) is 6.07 Å². The molecule has 1 rings (SSSR count). The molecule has 0 aromatic carbocycles. The Bertz CT molecular complexity index is 290. The van der Waals surface area contributed by atoms with E-state index in [1.165, 1.54) is 44.4 Å². The number of hydrogen-bond acceptors (Lipinski definition) is 2. The van der Waals surface area contributed by atoms with Crippen molar-refractivity contribution >= 4 is 0 Å². The van der Waals surface area contributed by atoms with Crippen molar-refractivity contribution in [3.05, 3.63) is 28.7 Å². The highest BCUT2D eigenvalue weighted by Gasteiger charge is 1.87. The number of H-pyrrole nitrogens is 1. The molecule has 0 saturated heterocycles. The molecule has 86 valence electrons. The van der Waals surface area contributed by atoms with Crippen LogP contribution in [0.15, 0.2) is 23.1 Å². The van der Waals surface area contributed by atoms with Crippen LogP contribution >= 0.6 is 0 Å². The minimum Gasteiger partial charge on any atom is -0.503 e. The van der Waals surface area contributed by atoms with E-state index in [0.717, 1.165) is 0 Å². The first-order valence-corrected chi connectivity index (χ1v) is 5.59. The van der Waals surface area contributed by atoms with Crippen molar-refractivity contribution in [3.63, 3.8) is 0 Å². The Hall–Kier alpha value is -1.25.